The van der Waals surface area contributed by atoms with Crippen molar-refractivity contribution in [2.24, 2.45) is 5.14 Å². The van der Waals surface area contributed by atoms with Gasteiger partial charge in [-0.05, 0) is 6.07 Å². The minimum atomic E-state index is -3.78. The second-order valence-electron chi connectivity index (χ2n) is 3.51. The summed E-state index contributed by atoms with van der Waals surface area (Å²) in [7, 11) is -0.655. The molecular formula is C9H15N3O4S. The number of aromatic amines is 1. The standard InChI is InChI=1S/C9H15N3O4S/c1-12(3-4-16-2)9(13)8-5-7(6-11-8)17(10,14)15/h5-6,11H,3-4H2,1-2H3,(H2,10,14,15). The fraction of sp³-hybridized carbons (Fsp3) is 0.444. The summed E-state index contributed by atoms with van der Waals surface area (Å²) in [6, 6.07) is 1.21. The van der Waals surface area contributed by atoms with Gasteiger partial charge in [-0.2, -0.15) is 0 Å². The molecule has 1 amide bonds. The maximum absolute atomic E-state index is 11.8. The van der Waals surface area contributed by atoms with E-state index in [0.717, 1.165) is 0 Å². The molecule has 0 aromatic carbocycles. The molecule has 3 N–H and O–H groups in total. The molecule has 1 aromatic rings. The number of ether oxygens (including phenoxy) is 1. The van der Waals surface area contributed by atoms with Crippen molar-refractivity contribution < 1.29 is 17.9 Å². The molecule has 0 unspecified atom stereocenters. The third-order valence-corrected chi connectivity index (χ3v) is 3.09. The summed E-state index contributed by atoms with van der Waals surface area (Å²) in [6.07, 6.45) is 1.19. The zero-order valence-corrected chi connectivity index (χ0v) is 10.5. The van der Waals surface area contributed by atoms with Crippen molar-refractivity contribution in [1.82, 2.24) is 9.88 Å². The zero-order chi connectivity index (χ0) is 13.1. The lowest BCUT2D eigenvalue weighted by Crippen LogP contribution is -2.30. The van der Waals surface area contributed by atoms with E-state index in [0.29, 0.717) is 13.2 Å². The molecule has 0 atom stereocenters. The van der Waals surface area contributed by atoms with Crippen LogP contribution < -0.4 is 5.14 Å². The van der Waals surface area contributed by atoms with Crippen LogP contribution in [-0.4, -0.2) is 51.5 Å². The third kappa shape index (κ3) is 3.55. The molecule has 1 aromatic heterocycles. The first kappa shape index (κ1) is 13.7. The number of rotatable bonds is 5. The number of amides is 1. The van der Waals surface area contributed by atoms with E-state index in [1.54, 1.807) is 7.05 Å². The van der Waals surface area contributed by atoms with Gasteiger partial charge in [-0.1, -0.05) is 0 Å². The summed E-state index contributed by atoms with van der Waals surface area (Å²) in [5, 5.41) is 4.93. The van der Waals surface area contributed by atoms with Crippen molar-refractivity contribution in [3.63, 3.8) is 0 Å². The van der Waals surface area contributed by atoms with Gasteiger partial charge in [0.25, 0.3) is 5.91 Å². The molecule has 17 heavy (non-hydrogen) atoms. The van der Waals surface area contributed by atoms with E-state index in [2.05, 4.69) is 4.98 Å². The lowest BCUT2D eigenvalue weighted by atomic mass is 10.4. The predicted molar refractivity (Wildman–Crippen MR) is 61.0 cm³/mol. The van der Waals surface area contributed by atoms with Gasteiger partial charge in [0.05, 0.1) is 11.5 Å². The smallest absolute Gasteiger partial charge is 0.270 e. The number of nitrogens with two attached hydrogens (primary N) is 1. The fourth-order valence-corrected chi connectivity index (χ4v) is 1.70. The molecule has 96 valence electrons. The van der Waals surface area contributed by atoms with E-state index in [1.165, 1.54) is 24.3 Å². The zero-order valence-electron chi connectivity index (χ0n) is 9.63. The Hall–Kier alpha value is -1.38. The first-order valence-corrected chi connectivity index (χ1v) is 6.36. The van der Waals surface area contributed by atoms with Crippen LogP contribution in [0.5, 0.6) is 0 Å². The van der Waals surface area contributed by atoms with E-state index in [9.17, 15) is 13.2 Å². The van der Waals surface area contributed by atoms with Crippen LogP contribution in [0.15, 0.2) is 17.2 Å². The van der Waals surface area contributed by atoms with E-state index in [-0.39, 0.29) is 16.5 Å². The summed E-state index contributed by atoms with van der Waals surface area (Å²) in [4.78, 5) is 15.7. The second-order valence-corrected chi connectivity index (χ2v) is 5.07. The Kier molecular flexibility index (Phi) is 4.27. The quantitative estimate of drug-likeness (QED) is 0.736. The van der Waals surface area contributed by atoms with Crippen molar-refractivity contribution in [2.75, 3.05) is 27.3 Å². The highest BCUT2D eigenvalue weighted by Crippen LogP contribution is 2.10. The van der Waals surface area contributed by atoms with Crippen LogP contribution in [0.1, 0.15) is 10.5 Å². The molecule has 1 rings (SSSR count). The molecule has 8 heteroatoms. The highest BCUT2D eigenvalue weighted by atomic mass is 32.2. The number of hydrogen-bond donors (Lipinski definition) is 2. The van der Waals surface area contributed by atoms with Crippen LogP contribution in [0.25, 0.3) is 0 Å². The molecular weight excluding hydrogens is 246 g/mol. The van der Waals surface area contributed by atoms with Crippen molar-refractivity contribution >= 4 is 15.9 Å². The average Bonchev–Trinajstić information content (AvgIpc) is 2.73. The van der Waals surface area contributed by atoms with E-state index in [1.807, 2.05) is 0 Å². The molecule has 0 fully saturated rings. The minimum Gasteiger partial charge on any atom is -0.383 e. The summed E-state index contributed by atoms with van der Waals surface area (Å²) in [5.74, 6) is -0.322. The van der Waals surface area contributed by atoms with Gasteiger partial charge in [-0.15, -0.1) is 0 Å². The Balaban J connectivity index is 2.80. The lowest BCUT2D eigenvalue weighted by molar-refractivity contribution is 0.0739. The normalized spacial score (nSPS) is 11.5. The van der Waals surface area contributed by atoms with Crippen molar-refractivity contribution in [3.8, 4) is 0 Å². The number of carbonyl (C=O) groups is 1. The molecule has 0 spiro atoms. The van der Waals surface area contributed by atoms with Crippen molar-refractivity contribution in [2.45, 2.75) is 4.90 Å². The Morgan fingerprint density at radius 2 is 2.24 bits per heavy atom. The van der Waals surface area contributed by atoms with Gasteiger partial charge >= 0.3 is 0 Å². The molecule has 1 heterocycles. The van der Waals surface area contributed by atoms with Gasteiger partial charge < -0.3 is 14.6 Å². The largest absolute Gasteiger partial charge is 0.383 e. The summed E-state index contributed by atoms with van der Waals surface area (Å²) in [5.41, 5.74) is 0.174. The minimum absolute atomic E-state index is 0.110. The van der Waals surface area contributed by atoms with Gasteiger partial charge in [-0.3, -0.25) is 4.79 Å². The van der Waals surface area contributed by atoms with Crippen molar-refractivity contribution in [3.05, 3.63) is 18.0 Å². The molecule has 0 aliphatic rings. The van der Waals surface area contributed by atoms with Crippen LogP contribution >= 0.6 is 0 Å². The Morgan fingerprint density at radius 3 is 2.71 bits per heavy atom. The monoisotopic (exact) mass is 261 g/mol. The molecule has 0 aliphatic heterocycles. The third-order valence-electron chi connectivity index (χ3n) is 2.19. The molecule has 0 saturated carbocycles. The Bertz CT molecular complexity index is 494. The first-order valence-electron chi connectivity index (χ1n) is 4.82. The lowest BCUT2D eigenvalue weighted by Gasteiger charge is -2.15. The second kappa shape index (κ2) is 5.30. The molecule has 7 nitrogen and oxygen atoms in total. The predicted octanol–water partition coefficient (Wildman–Crippen LogP) is -0.619. The Morgan fingerprint density at radius 1 is 1.59 bits per heavy atom. The van der Waals surface area contributed by atoms with Crippen LogP contribution in [0, 0.1) is 0 Å². The van der Waals surface area contributed by atoms with Gasteiger partial charge in [0, 0.05) is 26.9 Å². The van der Waals surface area contributed by atoms with Crippen LogP contribution in [0.4, 0.5) is 0 Å². The van der Waals surface area contributed by atoms with Gasteiger partial charge in [0.1, 0.15) is 5.69 Å². The SMILES string of the molecule is COCCN(C)C(=O)c1cc(S(N)(=O)=O)c[nH]1. The number of primary sulfonamides is 1. The number of nitrogens with one attached hydrogen (secondary N) is 1. The molecule has 0 saturated heterocycles. The number of nitrogens with zero attached hydrogens (tertiary/aromatic N) is 1. The topological polar surface area (TPSA) is 105 Å². The van der Waals surface area contributed by atoms with Gasteiger partial charge in [0.15, 0.2) is 0 Å². The van der Waals surface area contributed by atoms with Gasteiger partial charge in [0.2, 0.25) is 10.0 Å². The number of hydrogen-bond acceptors (Lipinski definition) is 4. The van der Waals surface area contributed by atoms with E-state index in [4.69, 9.17) is 9.88 Å². The number of aromatic nitrogens is 1. The first-order chi connectivity index (χ1) is 7.86. The maximum atomic E-state index is 11.8. The Labute approximate surface area is 99.6 Å². The molecule has 0 bridgehead atoms. The summed E-state index contributed by atoms with van der Waals surface area (Å²) in [6.45, 7) is 0.823. The maximum Gasteiger partial charge on any atom is 0.270 e. The summed E-state index contributed by atoms with van der Waals surface area (Å²) < 4.78 is 26.9. The van der Waals surface area contributed by atoms with Gasteiger partial charge in [-0.25, -0.2) is 13.6 Å². The highest BCUT2D eigenvalue weighted by Gasteiger charge is 2.17. The number of likely N-dealkylation sites (N-methyl/N-ethyl adjacent to an activating group) is 1. The molecule has 0 radical (unpaired) electrons. The van der Waals surface area contributed by atoms with E-state index < -0.39 is 10.0 Å². The van der Waals surface area contributed by atoms with Crippen LogP contribution in [-0.2, 0) is 14.8 Å². The number of sulfonamides is 1. The highest BCUT2D eigenvalue weighted by molar-refractivity contribution is 7.89. The average molecular weight is 261 g/mol. The van der Waals surface area contributed by atoms with Crippen LogP contribution in [0.3, 0.4) is 0 Å². The van der Waals surface area contributed by atoms with Crippen LogP contribution in [0.2, 0.25) is 0 Å². The summed E-state index contributed by atoms with van der Waals surface area (Å²) >= 11 is 0. The molecule has 0 aliphatic carbocycles. The number of methoxy groups -OCH3 is 1. The fourth-order valence-electron chi connectivity index (χ4n) is 1.20. The number of H-pyrrole nitrogens is 1. The van der Waals surface area contributed by atoms with E-state index >= 15 is 0 Å². The number of carbonyl (C=O) groups excluding carboxylic acids is 1. The van der Waals surface area contributed by atoms with Crippen molar-refractivity contribution in [1.29, 1.82) is 0 Å².